The molecule has 2 N–H and O–H groups in total. The van der Waals surface area contributed by atoms with Gasteiger partial charge in [0, 0.05) is 6.20 Å². The number of aromatic nitrogens is 3. The van der Waals surface area contributed by atoms with Gasteiger partial charge in [-0.1, -0.05) is 5.16 Å². The third-order valence-electron chi connectivity index (χ3n) is 1.63. The summed E-state index contributed by atoms with van der Waals surface area (Å²) in [5.74, 6) is 0.786. The number of nitrogens with one attached hydrogen (secondary N) is 1. The van der Waals surface area contributed by atoms with Gasteiger partial charge in [0.05, 0.1) is 5.56 Å². The maximum atomic E-state index is 8.37. The molecule has 2 aromatic rings. The normalized spacial score (nSPS) is 10.7. The van der Waals surface area contributed by atoms with E-state index >= 15 is 0 Å². The molecule has 2 heterocycles. The van der Waals surface area contributed by atoms with Gasteiger partial charge in [-0.2, -0.15) is 4.98 Å². The Morgan fingerprint density at radius 1 is 1.47 bits per heavy atom. The molecule has 7 nitrogen and oxygen atoms in total. The van der Waals surface area contributed by atoms with E-state index in [0.717, 1.165) is 6.34 Å². The van der Waals surface area contributed by atoms with E-state index < -0.39 is 0 Å². The molecule has 2 aromatic heterocycles. The van der Waals surface area contributed by atoms with Crippen molar-refractivity contribution in [3.05, 3.63) is 24.7 Å². The fourth-order valence-electron chi connectivity index (χ4n) is 1.05. The molecule has 0 aliphatic carbocycles. The molecule has 0 aliphatic heterocycles. The lowest BCUT2D eigenvalue weighted by atomic mass is 10.2. The highest BCUT2D eigenvalue weighted by molar-refractivity contribution is 5.71. The van der Waals surface area contributed by atoms with E-state index in [2.05, 4.69) is 24.6 Å². The number of hydroxylamine groups is 1. The van der Waals surface area contributed by atoms with Crippen LogP contribution in [0, 0.1) is 0 Å². The lowest BCUT2D eigenvalue weighted by Crippen LogP contribution is -2.01. The number of pyridine rings is 1. The van der Waals surface area contributed by atoms with Gasteiger partial charge < -0.3 is 4.52 Å². The number of aliphatic imine (C=N–C) groups is 1. The smallest absolute Gasteiger partial charge is 0.214 e. The predicted octanol–water partition coefficient (Wildman–Crippen LogP) is 0.770. The van der Waals surface area contributed by atoms with E-state index in [-0.39, 0.29) is 0 Å². The van der Waals surface area contributed by atoms with Gasteiger partial charge in [-0.25, -0.2) is 9.98 Å². The van der Waals surface area contributed by atoms with E-state index in [1.165, 1.54) is 6.39 Å². The summed E-state index contributed by atoms with van der Waals surface area (Å²) in [4.78, 5) is 11.7. The van der Waals surface area contributed by atoms with Crippen molar-refractivity contribution in [2.75, 3.05) is 0 Å². The summed E-state index contributed by atoms with van der Waals surface area (Å²) in [7, 11) is 0. The van der Waals surface area contributed by atoms with E-state index in [0.29, 0.717) is 17.2 Å². The van der Waals surface area contributed by atoms with E-state index in [1.54, 1.807) is 23.8 Å². The molecule has 0 radical (unpaired) electrons. The van der Waals surface area contributed by atoms with Crippen LogP contribution in [0.4, 0.5) is 5.82 Å². The van der Waals surface area contributed by atoms with Crippen molar-refractivity contribution < 1.29 is 9.73 Å². The van der Waals surface area contributed by atoms with E-state index in [9.17, 15) is 0 Å². The van der Waals surface area contributed by atoms with Gasteiger partial charge in [0.2, 0.25) is 12.2 Å². The molecule has 0 unspecified atom stereocenters. The molecule has 0 saturated heterocycles. The van der Waals surface area contributed by atoms with Gasteiger partial charge in [0.25, 0.3) is 0 Å². The van der Waals surface area contributed by atoms with Crippen molar-refractivity contribution in [2.45, 2.75) is 0 Å². The Labute approximate surface area is 84.5 Å². The van der Waals surface area contributed by atoms with Gasteiger partial charge >= 0.3 is 0 Å². The zero-order chi connectivity index (χ0) is 10.5. The van der Waals surface area contributed by atoms with Crippen LogP contribution in [0.25, 0.3) is 11.4 Å². The highest BCUT2D eigenvalue weighted by atomic mass is 16.5. The monoisotopic (exact) mass is 205 g/mol. The van der Waals surface area contributed by atoms with Crippen molar-refractivity contribution in [1.29, 1.82) is 0 Å². The van der Waals surface area contributed by atoms with Gasteiger partial charge in [0.15, 0.2) is 5.82 Å². The van der Waals surface area contributed by atoms with Crippen LogP contribution in [0.1, 0.15) is 0 Å². The van der Waals surface area contributed by atoms with Crippen LogP contribution in [0.5, 0.6) is 0 Å². The number of hydrogen-bond acceptors (Lipinski definition) is 6. The zero-order valence-corrected chi connectivity index (χ0v) is 7.53. The number of hydrogen-bond donors (Lipinski definition) is 2. The standard InChI is InChI=1S/C8H7N5O2/c14-12-4-10-7-6(2-1-3-9-7)8-11-5-15-13-8/h1-5,14H,(H,9,10,12). The molecule has 0 saturated carbocycles. The molecule has 0 aromatic carbocycles. The minimum absolute atomic E-state index is 0.389. The number of rotatable bonds is 3. The van der Waals surface area contributed by atoms with Crippen molar-refractivity contribution >= 4 is 12.2 Å². The minimum Gasteiger partial charge on any atom is -0.342 e. The molecule has 7 heteroatoms. The lowest BCUT2D eigenvalue weighted by Gasteiger charge is -1.97. The fraction of sp³-hybridized carbons (Fsp3) is 0. The molecule has 76 valence electrons. The first kappa shape index (κ1) is 9.28. The van der Waals surface area contributed by atoms with Crippen molar-refractivity contribution in [2.24, 2.45) is 4.99 Å². The van der Waals surface area contributed by atoms with Gasteiger partial charge in [-0.15, -0.1) is 0 Å². The molecular formula is C8H7N5O2. The van der Waals surface area contributed by atoms with Crippen LogP contribution >= 0.6 is 0 Å². The molecule has 0 amide bonds. The van der Waals surface area contributed by atoms with Gasteiger partial charge in [0.1, 0.15) is 6.34 Å². The first-order chi connectivity index (χ1) is 7.42. The van der Waals surface area contributed by atoms with Crippen LogP contribution in [0.3, 0.4) is 0 Å². The highest BCUT2D eigenvalue weighted by Crippen LogP contribution is 2.23. The second-order valence-corrected chi connectivity index (χ2v) is 2.52. The molecule has 0 spiro atoms. The van der Waals surface area contributed by atoms with Crippen LogP contribution in [-0.4, -0.2) is 26.7 Å². The third kappa shape index (κ3) is 1.97. The Bertz CT molecular complexity index is 454. The summed E-state index contributed by atoms with van der Waals surface area (Å²) in [6.45, 7) is 0. The van der Waals surface area contributed by atoms with Crippen LogP contribution in [0.15, 0.2) is 34.2 Å². The molecule has 2 rings (SSSR count). The Hall–Kier alpha value is -2.28. The topological polar surface area (TPSA) is 96.4 Å². The largest absolute Gasteiger partial charge is 0.342 e. The molecule has 0 aliphatic rings. The molecule has 0 bridgehead atoms. The maximum absolute atomic E-state index is 8.37. The summed E-state index contributed by atoms with van der Waals surface area (Å²) in [6, 6.07) is 3.49. The lowest BCUT2D eigenvalue weighted by molar-refractivity contribution is 0.240. The van der Waals surface area contributed by atoms with Crippen molar-refractivity contribution in [3.63, 3.8) is 0 Å². The van der Waals surface area contributed by atoms with E-state index in [1.807, 2.05) is 0 Å². The molecular weight excluding hydrogens is 198 g/mol. The number of nitrogens with zero attached hydrogens (tertiary/aromatic N) is 4. The fourth-order valence-corrected chi connectivity index (χ4v) is 1.05. The highest BCUT2D eigenvalue weighted by Gasteiger charge is 2.08. The maximum Gasteiger partial charge on any atom is 0.214 e. The van der Waals surface area contributed by atoms with Gasteiger partial charge in [-0.05, 0) is 12.1 Å². The first-order valence-electron chi connectivity index (χ1n) is 4.05. The quantitative estimate of drug-likeness (QED) is 0.436. The molecule has 0 atom stereocenters. The Kier molecular flexibility index (Phi) is 2.65. The van der Waals surface area contributed by atoms with Crippen LogP contribution in [-0.2, 0) is 0 Å². The second kappa shape index (κ2) is 4.29. The predicted molar refractivity (Wildman–Crippen MR) is 50.6 cm³/mol. The summed E-state index contributed by atoms with van der Waals surface area (Å²) >= 11 is 0. The first-order valence-corrected chi connectivity index (χ1v) is 4.05. The van der Waals surface area contributed by atoms with Crippen molar-refractivity contribution in [3.8, 4) is 11.4 Å². The summed E-state index contributed by atoms with van der Waals surface area (Å²) in [5, 5.41) is 12.0. The van der Waals surface area contributed by atoms with Crippen LogP contribution in [0.2, 0.25) is 0 Å². The van der Waals surface area contributed by atoms with Crippen molar-refractivity contribution in [1.82, 2.24) is 20.6 Å². The summed E-state index contributed by atoms with van der Waals surface area (Å²) < 4.78 is 4.62. The average molecular weight is 205 g/mol. The Balaban J connectivity index is 2.43. The third-order valence-corrected chi connectivity index (χ3v) is 1.63. The summed E-state index contributed by atoms with van der Waals surface area (Å²) in [5.41, 5.74) is 2.42. The van der Waals surface area contributed by atoms with Crippen LogP contribution < -0.4 is 5.48 Å². The Morgan fingerprint density at radius 2 is 2.40 bits per heavy atom. The minimum atomic E-state index is 0.389. The summed E-state index contributed by atoms with van der Waals surface area (Å²) in [6.07, 6.45) is 3.90. The van der Waals surface area contributed by atoms with Gasteiger partial charge in [-0.3, -0.25) is 10.7 Å². The average Bonchev–Trinajstić information content (AvgIpc) is 2.80. The second-order valence-electron chi connectivity index (χ2n) is 2.52. The molecule has 0 fully saturated rings. The SMILES string of the molecule is ON/C=N/c1ncccc1-c1ncon1. The Morgan fingerprint density at radius 3 is 3.13 bits per heavy atom. The van der Waals surface area contributed by atoms with E-state index in [4.69, 9.17) is 5.21 Å². The zero-order valence-electron chi connectivity index (χ0n) is 7.53. The molecule has 15 heavy (non-hydrogen) atoms.